The number of ether oxygens (including phenoxy) is 1. The van der Waals surface area contributed by atoms with Crippen molar-refractivity contribution in [1.29, 1.82) is 0 Å². The molecule has 184 valence electrons. The van der Waals surface area contributed by atoms with Crippen LogP contribution in [0.25, 0.3) is 33.5 Å². The van der Waals surface area contributed by atoms with Crippen LogP contribution in [-0.4, -0.2) is 55.7 Å². The van der Waals surface area contributed by atoms with Crippen molar-refractivity contribution in [1.82, 2.24) is 29.3 Å². The molecule has 0 saturated heterocycles. The third kappa shape index (κ3) is 5.72. The molecule has 4 aromatic rings. The lowest BCUT2D eigenvalue weighted by Gasteiger charge is -2.15. The molecular formula is C25H32N6O3Si. The van der Waals surface area contributed by atoms with Gasteiger partial charge in [0.2, 0.25) is 0 Å². The van der Waals surface area contributed by atoms with Gasteiger partial charge in [-0.2, -0.15) is 5.10 Å². The van der Waals surface area contributed by atoms with E-state index in [9.17, 15) is 9.90 Å². The summed E-state index contributed by atoms with van der Waals surface area (Å²) in [4.78, 5) is 27.2. The van der Waals surface area contributed by atoms with Crippen molar-refractivity contribution in [2.24, 2.45) is 0 Å². The Kier molecular flexibility index (Phi) is 7.25. The van der Waals surface area contributed by atoms with Crippen LogP contribution in [0.4, 0.5) is 0 Å². The fourth-order valence-electron chi connectivity index (χ4n) is 3.59. The number of aromatic nitrogens is 6. The molecule has 0 fully saturated rings. The Morgan fingerprint density at radius 2 is 1.94 bits per heavy atom. The van der Waals surface area contributed by atoms with E-state index < -0.39 is 14.1 Å². The van der Waals surface area contributed by atoms with Crippen LogP contribution in [0.5, 0.6) is 0 Å². The molecule has 0 aromatic carbocycles. The molecule has 9 nitrogen and oxygen atoms in total. The van der Waals surface area contributed by atoms with Crippen LogP contribution in [0.2, 0.25) is 25.7 Å². The second kappa shape index (κ2) is 10.2. The van der Waals surface area contributed by atoms with E-state index in [2.05, 4.69) is 34.7 Å². The molecule has 0 unspecified atom stereocenters. The predicted octanol–water partition coefficient (Wildman–Crippen LogP) is 3.89. The van der Waals surface area contributed by atoms with Crippen LogP contribution >= 0.6 is 0 Å². The molecule has 0 amide bonds. The third-order valence-electron chi connectivity index (χ3n) is 5.81. The van der Waals surface area contributed by atoms with Gasteiger partial charge in [-0.1, -0.05) is 25.7 Å². The minimum Gasteiger partial charge on any atom is -0.394 e. The predicted molar refractivity (Wildman–Crippen MR) is 139 cm³/mol. The van der Waals surface area contributed by atoms with Gasteiger partial charge in [0.05, 0.1) is 41.9 Å². The van der Waals surface area contributed by atoms with Crippen molar-refractivity contribution >= 4 is 19.0 Å². The Labute approximate surface area is 205 Å². The van der Waals surface area contributed by atoms with Crippen molar-refractivity contribution in [3.05, 3.63) is 59.0 Å². The summed E-state index contributed by atoms with van der Waals surface area (Å²) in [5, 5.41) is 14.4. The Balaban J connectivity index is 1.76. The monoisotopic (exact) mass is 492 g/mol. The molecule has 4 rings (SSSR count). The molecule has 0 bridgehead atoms. The maximum Gasteiger partial charge on any atom is 0.261 e. The first kappa shape index (κ1) is 24.9. The lowest BCUT2D eigenvalue weighted by Crippen LogP contribution is -2.25. The molecule has 1 N–H and O–H groups in total. The Morgan fingerprint density at radius 3 is 2.63 bits per heavy atom. The van der Waals surface area contributed by atoms with Gasteiger partial charge in [-0.25, -0.2) is 14.6 Å². The third-order valence-corrected chi connectivity index (χ3v) is 7.51. The maximum absolute atomic E-state index is 13.3. The highest BCUT2D eigenvalue weighted by molar-refractivity contribution is 6.76. The molecule has 0 spiro atoms. The maximum atomic E-state index is 13.3. The van der Waals surface area contributed by atoms with E-state index >= 15 is 0 Å². The molecule has 0 aliphatic carbocycles. The van der Waals surface area contributed by atoms with Crippen LogP contribution < -0.4 is 5.56 Å². The SMILES string of the molecule is Cc1ccc(-c2cc3c(=O)n([C@@H](C)CO)cnc3c(-c3cnn(COCC[Si](C)(C)C)c3)n2)nc1. The highest BCUT2D eigenvalue weighted by atomic mass is 28.3. The summed E-state index contributed by atoms with van der Waals surface area (Å²) >= 11 is 0. The van der Waals surface area contributed by atoms with Crippen molar-refractivity contribution in [2.75, 3.05) is 13.2 Å². The number of hydrogen-bond donors (Lipinski definition) is 1. The number of aryl methyl sites for hydroxylation is 1. The number of pyridine rings is 2. The average molecular weight is 493 g/mol. The zero-order valence-corrected chi connectivity index (χ0v) is 21.9. The average Bonchev–Trinajstić information content (AvgIpc) is 3.30. The summed E-state index contributed by atoms with van der Waals surface area (Å²) in [5.41, 5.74) is 3.78. The number of hydrogen-bond acceptors (Lipinski definition) is 7. The van der Waals surface area contributed by atoms with Crippen molar-refractivity contribution in [2.45, 2.75) is 52.3 Å². The van der Waals surface area contributed by atoms with Crippen LogP contribution in [0.3, 0.4) is 0 Å². The van der Waals surface area contributed by atoms with E-state index in [-0.39, 0.29) is 12.2 Å². The van der Waals surface area contributed by atoms with Gasteiger partial charge < -0.3 is 9.84 Å². The largest absolute Gasteiger partial charge is 0.394 e. The number of rotatable bonds is 9. The molecule has 4 heterocycles. The van der Waals surface area contributed by atoms with Gasteiger partial charge in [-0.05, 0) is 37.6 Å². The number of fused-ring (bicyclic) bond motifs is 1. The van der Waals surface area contributed by atoms with Crippen molar-refractivity contribution < 1.29 is 9.84 Å². The summed E-state index contributed by atoms with van der Waals surface area (Å²) in [5.74, 6) is 0. The van der Waals surface area contributed by atoms with Crippen LogP contribution in [0.15, 0.2) is 47.9 Å². The molecule has 0 radical (unpaired) electrons. The molecule has 0 saturated carbocycles. The van der Waals surface area contributed by atoms with E-state index in [4.69, 9.17) is 9.72 Å². The number of nitrogens with zero attached hydrogens (tertiary/aromatic N) is 6. The number of aliphatic hydroxyl groups is 1. The second-order valence-electron chi connectivity index (χ2n) is 10.1. The van der Waals surface area contributed by atoms with Gasteiger partial charge in [0.25, 0.3) is 5.56 Å². The van der Waals surface area contributed by atoms with Gasteiger partial charge in [0.15, 0.2) is 0 Å². The summed E-state index contributed by atoms with van der Waals surface area (Å²) in [6, 6.07) is 6.25. The minimum atomic E-state index is -1.16. The van der Waals surface area contributed by atoms with Crippen LogP contribution in [-0.2, 0) is 11.5 Å². The van der Waals surface area contributed by atoms with E-state index in [1.54, 1.807) is 30.1 Å². The Hall–Kier alpha value is -3.21. The second-order valence-corrected chi connectivity index (χ2v) is 15.7. The fraction of sp³-hybridized carbons (Fsp3) is 0.400. The van der Waals surface area contributed by atoms with Gasteiger partial charge in [0, 0.05) is 32.6 Å². The van der Waals surface area contributed by atoms with Gasteiger partial charge in [0.1, 0.15) is 17.9 Å². The highest BCUT2D eigenvalue weighted by Crippen LogP contribution is 2.28. The Bertz CT molecular complexity index is 1370. The minimum absolute atomic E-state index is 0.165. The normalized spacial score (nSPS) is 12.9. The zero-order valence-electron chi connectivity index (χ0n) is 20.9. The van der Waals surface area contributed by atoms with E-state index in [1.807, 2.05) is 25.3 Å². The van der Waals surface area contributed by atoms with Crippen molar-refractivity contribution in [3.8, 4) is 22.6 Å². The van der Waals surface area contributed by atoms with Crippen molar-refractivity contribution in [3.63, 3.8) is 0 Å². The van der Waals surface area contributed by atoms with Crippen LogP contribution in [0.1, 0.15) is 18.5 Å². The smallest absolute Gasteiger partial charge is 0.261 e. The first-order valence-electron chi connectivity index (χ1n) is 11.7. The van der Waals surface area contributed by atoms with Crippen LogP contribution in [0, 0.1) is 6.92 Å². The van der Waals surface area contributed by atoms with Gasteiger partial charge in [-0.3, -0.25) is 14.3 Å². The summed E-state index contributed by atoms with van der Waals surface area (Å²) in [6.45, 7) is 11.6. The molecule has 0 aliphatic rings. The summed E-state index contributed by atoms with van der Waals surface area (Å²) < 4.78 is 8.98. The molecule has 1 atom stereocenters. The van der Waals surface area contributed by atoms with E-state index in [0.717, 1.165) is 17.2 Å². The molecule has 4 aromatic heterocycles. The number of aliphatic hydroxyl groups excluding tert-OH is 1. The molecular weight excluding hydrogens is 460 g/mol. The summed E-state index contributed by atoms with van der Waals surface area (Å²) in [6.07, 6.45) is 6.79. The quantitative estimate of drug-likeness (QED) is 0.279. The topological polar surface area (TPSA) is 108 Å². The van der Waals surface area contributed by atoms with E-state index in [1.165, 1.54) is 10.9 Å². The Morgan fingerprint density at radius 1 is 1.14 bits per heavy atom. The van der Waals surface area contributed by atoms with Gasteiger partial charge in [-0.15, -0.1) is 0 Å². The standard InChI is InChI=1S/C25H32N6O3Si/c1-17-6-7-21(26-11-17)22-10-20-24(27-15-31(25(20)33)18(2)14-32)23(29-22)19-12-28-30(13-19)16-34-8-9-35(3,4)5/h6-7,10-13,15,18,32H,8-9,14,16H2,1-5H3/t18-/m0/s1. The lowest BCUT2D eigenvalue weighted by molar-refractivity contribution is 0.0786. The first-order chi connectivity index (χ1) is 16.7. The lowest BCUT2D eigenvalue weighted by atomic mass is 10.1. The molecule has 35 heavy (non-hydrogen) atoms. The summed E-state index contributed by atoms with van der Waals surface area (Å²) in [7, 11) is -1.16. The molecule has 10 heteroatoms. The highest BCUT2D eigenvalue weighted by Gasteiger charge is 2.18. The van der Waals surface area contributed by atoms with Gasteiger partial charge >= 0.3 is 0 Å². The molecule has 0 aliphatic heterocycles. The zero-order chi connectivity index (χ0) is 25.2. The van der Waals surface area contributed by atoms with E-state index in [0.29, 0.717) is 41.3 Å². The first-order valence-corrected chi connectivity index (χ1v) is 15.4. The fourth-order valence-corrected chi connectivity index (χ4v) is 4.35.